The highest BCUT2D eigenvalue weighted by Crippen LogP contribution is 2.20. The van der Waals surface area contributed by atoms with Gasteiger partial charge in [0.15, 0.2) is 0 Å². The molecule has 4 nitrogen and oxygen atoms in total. The van der Waals surface area contributed by atoms with Gasteiger partial charge in [0.05, 0.1) is 5.75 Å². The molecule has 0 heterocycles. The zero-order valence-corrected chi connectivity index (χ0v) is 19.1. The molecule has 0 aromatic heterocycles. The number of carbonyl (C=O) groups excluding carboxylic acids is 2. The average Bonchev–Trinajstić information content (AvgIpc) is 3.27. The summed E-state index contributed by atoms with van der Waals surface area (Å²) in [5.74, 6) is 0.468. The second-order valence-electron chi connectivity index (χ2n) is 8.23. The highest BCUT2D eigenvalue weighted by atomic mass is 32.2. The highest BCUT2D eigenvalue weighted by Gasteiger charge is 2.28. The van der Waals surface area contributed by atoms with Crippen molar-refractivity contribution in [3.8, 4) is 0 Å². The van der Waals surface area contributed by atoms with Crippen LogP contribution in [0.4, 0.5) is 4.39 Å². The van der Waals surface area contributed by atoms with Crippen LogP contribution in [0.15, 0.2) is 48.5 Å². The van der Waals surface area contributed by atoms with Crippen molar-refractivity contribution in [3.63, 3.8) is 0 Å². The van der Waals surface area contributed by atoms with Crippen LogP contribution in [0.25, 0.3) is 0 Å². The monoisotopic (exact) mass is 442 g/mol. The van der Waals surface area contributed by atoms with Crippen LogP contribution in [0.5, 0.6) is 0 Å². The van der Waals surface area contributed by atoms with Crippen molar-refractivity contribution in [1.82, 2.24) is 10.2 Å². The Bertz CT molecular complexity index is 881. The van der Waals surface area contributed by atoms with E-state index in [4.69, 9.17) is 0 Å². The molecule has 2 amide bonds. The Hall–Kier alpha value is -2.34. The topological polar surface area (TPSA) is 49.4 Å². The van der Waals surface area contributed by atoms with Gasteiger partial charge in [-0.05, 0) is 55.5 Å². The van der Waals surface area contributed by atoms with Crippen LogP contribution in [-0.4, -0.2) is 34.6 Å². The summed E-state index contributed by atoms with van der Waals surface area (Å²) < 4.78 is 13.1. The second-order valence-corrected chi connectivity index (χ2v) is 9.22. The Morgan fingerprint density at radius 1 is 1.13 bits per heavy atom. The number of benzene rings is 2. The van der Waals surface area contributed by atoms with Gasteiger partial charge in [-0.1, -0.05) is 49.2 Å². The SMILES string of the molecule is Cc1ccccc1CN(C(=O)CSCc1ccc(F)cc1)[C@H](C)C(=O)NC1CCCC1. The van der Waals surface area contributed by atoms with Gasteiger partial charge >= 0.3 is 0 Å². The summed E-state index contributed by atoms with van der Waals surface area (Å²) in [5.41, 5.74) is 3.11. The summed E-state index contributed by atoms with van der Waals surface area (Å²) in [7, 11) is 0. The molecule has 1 fully saturated rings. The zero-order chi connectivity index (χ0) is 22.2. The maximum Gasteiger partial charge on any atom is 0.242 e. The molecular weight excluding hydrogens is 411 g/mol. The molecule has 0 aliphatic heterocycles. The fourth-order valence-corrected chi connectivity index (χ4v) is 4.74. The first-order valence-electron chi connectivity index (χ1n) is 10.9. The predicted molar refractivity (Wildman–Crippen MR) is 124 cm³/mol. The summed E-state index contributed by atoms with van der Waals surface area (Å²) >= 11 is 1.48. The number of nitrogens with zero attached hydrogens (tertiary/aromatic N) is 1. The number of thioether (sulfide) groups is 1. The molecule has 31 heavy (non-hydrogen) atoms. The number of halogens is 1. The lowest BCUT2D eigenvalue weighted by Gasteiger charge is -2.30. The minimum Gasteiger partial charge on any atom is -0.352 e. The lowest BCUT2D eigenvalue weighted by molar-refractivity contribution is -0.139. The van der Waals surface area contributed by atoms with Crippen molar-refractivity contribution in [2.75, 3.05) is 5.75 Å². The molecule has 0 spiro atoms. The largest absolute Gasteiger partial charge is 0.352 e. The van der Waals surface area contributed by atoms with Crippen molar-refractivity contribution >= 4 is 23.6 Å². The summed E-state index contributed by atoms with van der Waals surface area (Å²) in [6.45, 7) is 4.23. The first-order chi connectivity index (χ1) is 14.9. The Labute approximate surface area is 188 Å². The minimum absolute atomic E-state index is 0.0653. The second kappa shape index (κ2) is 11.3. The summed E-state index contributed by atoms with van der Waals surface area (Å²) in [4.78, 5) is 27.7. The van der Waals surface area contributed by atoms with Gasteiger partial charge in [0.25, 0.3) is 0 Å². The van der Waals surface area contributed by atoms with E-state index in [1.807, 2.05) is 38.1 Å². The standard InChI is InChI=1S/C25H31FN2O2S/c1-18-7-3-4-8-21(18)15-28(19(2)25(30)27-23-9-5-6-10-23)24(29)17-31-16-20-11-13-22(26)14-12-20/h3-4,7-8,11-14,19,23H,5-6,9-10,15-17H2,1-2H3,(H,27,30)/t19-/m1/s1. The molecule has 0 unspecified atom stereocenters. The maximum atomic E-state index is 13.2. The van der Waals surface area contributed by atoms with Gasteiger partial charge < -0.3 is 10.2 Å². The number of nitrogens with one attached hydrogen (secondary N) is 1. The molecule has 1 aliphatic carbocycles. The van der Waals surface area contributed by atoms with Crippen molar-refractivity contribution in [1.29, 1.82) is 0 Å². The predicted octanol–water partition coefficient (Wildman–Crippen LogP) is 4.84. The van der Waals surface area contributed by atoms with Gasteiger partial charge in [-0.3, -0.25) is 9.59 Å². The van der Waals surface area contributed by atoms with E-state index in [1.165, 1.54) is 23.9 Å². The Balaban J connectivity index is 1.66. The van der Waals surface area contributed by atoms with Crippen LogP contribution in [0.1, 0.15) is 49.3 Å². The fraction of sp³-hybridized carbons (Fsp3) is 0.440. The van der Waals surface area contributed by atoms with E-state index in [2.05, 4.69) is 5.32 Å². The number of hydrogen-bond donors (Lipinski definition) is 1. The molecule has 6 heteroatoms. The van der Waals surface area contributed by atoms with Gasteiger partial charge in [0, 0.05) is 18.3 Å². The quantitative estimate of drug-likeness (QED) is 0.604. The van der Waals surface area contributed by atoms with Gasteiger partial charge in [-0.2, -0.15) is 0 Å². The molecule has 166 valence electrons. The van der Waals surface area contributed by atoms with Crippen LogP contribution in [-0.2, 0) is 21.9 Å². The van der Waals surface area contributed by atoms with Gasteiger partial charge in [0.2, 0.25) is 11.8 Å². The van der Waals surface area contributed by atoms with E-state index in [1.54, 1.807) is 17.0 Å². The molecular formula is C25H31FN2O2S. The highest BCUT2D eigenvalue weighted by molar-refractivity contribution is 7.99. The molecule has 2 aromatic rings. The molecule has 1 aliphatic rings. The third-order valence-corrected chi connectivity index (χ3v) is 6.87. The third kappa shape index (κ3) is 6.82. The molecule has 0 saturated heterocycles. The lowest BCUT2D eigenvalue weighted by Crippen LogP contribution is -2.50. The van der Waals surface area contributed by atoms with Gasteiger partial charge in [-0.15, -0.1) is 11.8 Å². The molecule has 1 atom stereocenters. The van der Waals surface area contributed by atoms with Crippen LogP contribution >= 0.6 is 11.8 Å². The number of aryl methyl sites for hydroxylation is 1. The Morgan fingerprint density at radius 2 is 1.81 bits per heavy atom. The van der Waals surface area contributed by atoms with Crippen molar-refractivity contribution in [2.24, 2.45) is 0 Å². The zero-order valence-electron chi connectivity index (χ0n) is 18.3. The van der Waals surface area contributed by atoms with Gasteiger partial charge in [-0.25, -0.2) is 4.39 Å². The smallest absolute Gasteiger partial charge is 0.242 e. The van der Waals surface area contributed by atoms with Crippen LogP contribution in [0, 0.1) is 12.7 Å². The fourth-order valence-electron chi connectivity index (χ4n) is 3.87. The van der Waals surface area contributed by atoms with Gasteiger partial charge in [0.1, 0.15) is 11.9 Å². The van der Waals surface area contributed by atoms with E-state index >= 15 is 0 Å². The van der Waals surface area contributed by atoms with Crippen LogP contribution < -0.4 is 5.32 Å². The Morgan fingerprint density at radius 3 is 2.48 bits per heavy atom. The summed E-state index contributed by atoms with van der Waals surface area (Å²) in [6, 6.07) is 13.9. The van der Waals surface area contributed by atoms with E-state index < -0.39 is 6.04 Å². The molecule has 0 bridgehead atoms. The summed E-state index contributed by atoms with van der Waals surface area (Å²) in [6.07, 6.45) is 4.31. The normalized spacial score (nSPS) is 14.9. The van der Waals surface area contributed by atoms with Crippen LogP contribution in [0.3, 0.4) is 0 Å². The van der Waals surface area contributed by atoms with Crippen molar-refractivity contribution in [3.05, 3.63) is 71.0 Å². The first kappa shape index (κ1) is 23.3. The van der Waals surface area contributed by atoms with E-state index in [-0.39, 0.29) is 29.4 Å². The lowest BCUT2D eigenvalue weighted by atomic mass is 10.1. The average molecular weight is 443 g/mol. The Kier molecular flexibility index (Phi) is 8.52. The van der Waals surface area contributed by atoms with Crippen LogP contribution in [0.2, 0.25) is 0 Å². The molecule has 2 aromatic carbocycles. The van der Waals surface area contributed by atoms with E-state index in [0.717, 1.165) is 42.4 Å². The number of amides is 2. The number of hydrogen-bond acceptors (Lipinski definition) is 3. The molecule has 0 radical (unpaired) electrons. The van der Waals surface area contributed by atoms with Crippen molar-refractivity contribution < 1.29 is 14.0 Å². The van der Waals surface area contributed by atoms with Crippen molar-refractivity contribution in [2.45, 2.75) is 63.9 Å². The van der Waals surface area contributed by atoms with E-state index in [0.29, 0.717) is 12.3 Å². The summed E-state index contributed by atoms with van der Waals surface area (Å²) in [5, 5.41) is 3.13. The third-order valence-electron chi connectivity index (χ3n) is 5.88. The maximum absolute atomic E-state index is 13.2. The molecule has 1 N–H and O–H groups in total. The minimum atomic E-state index is -0.542. The molecule has 1 saturated carbocycles. The van der Waals surface area contributed by atoms with E-state index in [9.17, 15) is 14.0 Å². The number of carbonyl (C=O) groups is 2. The molecule has 3 rings (SSSR count). The first-order valence-corrected chi connectivity index (χ1v) is 12.1. The number of rotatable bonds is 9.